The third-order valence-corrected chi connectivity index (χ3v) is 2.99. The average Bonchev–Trinajstić information content (AvgIpc) is 2.25. The minimum absolute atomic E-state index is 0.0587. The van der Waals surface area contributed by atoms with Gasteiger partial charge in [-0.1, -0.05) is 0 Å². The molecule has 1 heterocycles. The second-order valence-corrected chi connectivity index (χ2v) is 4.40. The molecule has 0 aromatic heterocycles. The third kappa shape index (κ3) is 3.48. The number of carbonyl (C=O) groups excluding carboxylic acids is 1. The molecule has 0 aromatic rings. The molecule has 16 heavy (non-hydrogen) atoms. The van der Waals surface area contributed by atoms with Gasteiger partial charge in [0, 0.05) is 19.0 Å². The van der Waals surface area contributed by atoms with Crippen molar-refractivity contribution in [2.45, 2.75) is 51.1 Å². The fraction of sp³-hybridized carbons (Fsp3) is 0.818. The molecule has 3 N–H and O–H groups in total. The molecule has 2 unspecified atom stereocenters. The number of rotatable bonds is 4. The summed E-state index contributed by atoms with van der Waals surface area (Å²) in [5.41, 5.74) is 5.58. The van der Waals surface area contributed by atoms with E-state index in [1.807, 2.05) is 0 Å². The standard InChI is InChI=1S/C11H20N2O3/c1-8(12)11(16)13-7-3-2-4-9(13)5-6-10(14)15/h8-9H,2-7,12H2,1H3,(H,14,15). The molecule has 1 amide bonds. The number of aliphatic carboxylic acids is 1. The highest BCUT2D eigenvalue weighted by Crippen LogP contribution is 2.21. The summed E-state index contributed by atoms with van der Waals surface area (Å²) in [5, 5.41) is 8.65. The molecule has 2 atom stereocenters. The number of carboxylic acid groups (broad SMARTS) is 1. The molecule has 0 radical (unpaired) electrons. The number of hydrogen-bond acceptors (Lipinski definition) is 3. The van der Waals surface area contributed by atoms with E-state index in [4.69, 9.17) is 10.8 Å². The summed E-state index contributed by atoms with van der Waals surface area (Å²) in [6.45, 7) is 2.38. The maximum atomic E-state index is 11.8. The van der Waals surface area contributed by atoms with E-state index in [1.54, 1.807) is 11.8 Å². The first-order valence-electron chi connectivity index (χ1n) is 5.80. The molecule has 0 spiro atoms. The lowest BCUT2D eigenvalue weighted by molar-refractivity contribution is -0.140. The van der Waals surface area contributed by atoms with Crippen LogP contribution in [0.4, 0.5) is 0 Å². The van der Waals surface area contributed by atoms with Crippen LogP contribution < -0.4 is 5.73 Å². The van der Waals surface area contributed by atoms with E-state index < -0.39 is 12.0 Å². The van der Waals surface area contributed by atoms with Crippen molar-refractivity contribution in [3.8, 4) is 0 Å². The highest BCUT2D eigenvalue weighted by molar-refractivity contribution is 5.81. The normalized spacial score (nSPS) is 22.9. The predicted octanol–water partition coefficient (Wildman–Crippen LogP) is 0.579. The molecule has 1 rings (SSSR count). The van der Waals surface area contributed by atoms with Crippen molar-refractivity contribution in [1.82, 2.24) is 4.90 Å². The van der Waals surface area contributed by atoms with Gasteiger partial charge < -0.3 is 15.7 Å². The first kappa shape index (κ1) is 13.0. The second kappa shape index (κ2) is 5.84. The molecule has 1 fully saturated rings. The van der Waals surface area contributed by atoms with Gasteiger partial charge in [-0.15, -0.1) is 0 Å². The number of nitrogens with zero attached hydrogens (tertiary/aromatic N) is 1. The van der Waals surface area contributed by atoms with Crippen LogP contribution in [0.3, 0.4) is 0 Å². The van der Waals surface area contributed by atoms with Crippen LogP contribution in [-0.4, -0.2) is 40.5 Å². The largest absolute Gasteiger partial charge is 0.481 e. The summed E-state index contributed by atoms with van der Waals surface area (Å²) in [4.78, 5) is 24.1. The monoisotopic (exact) mass is 228 g/mol. The highest BCUT2D eigenvalue weighted by Gasteiger charge is 2.28. The van der Waals surface area contributed by atoms with E-state index in [9.17, 15) is 9.59 Å². The molecule has 1 aliphatic heterocycles. The van der Waals surface area contributed by atoms with Crippen molar-refractivity contribution < 1.29 is 14.7 Å². The molecule has 0 aromatic carbocycles. The van der Waals surface area contributed by atoms with Crippen molar-refractivity contribution in [2.24, 2.45) is 5.73 Å². The van der Waals surface area contributed by atoms with E-state index in [0.717, 1.165) is 19.3 Å². The molecule has 0 saturated carbocycles. The maximum absolute atomic E-state index is 11.8. The van der Waals surface area contributed by atoms with Gasteiger partial charge >= 0.3 is 5.97 Å². The van der Waals surface area contributed by atoms with Gasteiger partial charge in [0.2, 0.25) is 5.91 Å². The SMILES string of the molecule is CC(N)C(=O)N1CCCCC1CCC(=O)O. The van der Waals surface area contributed by atoms with Gasteiger partial charge in [-0.3, -0.25) is 9.59 Å². The topological polar surface area (TPSA) is 83.6 Å². The Labute approximate surface area is 95.6 Å². The Morgan fingerprint density at radius 1 is 1.50 bits per heavy atom. The summed E-state index contributed by atoms with van der Waals surface area (Å²) in [5.74, 6) is -0.867. The first-order valence-corrected chi connectivity index (χ1v) is 5.80. The highest BCUT2D eigenvalue weighted by atomic mass is 16.4. The molecule has 0 aliphatic carbocycles. The lowest BCUT2D eigenvalue weighted by Crippen LogP contribution is -2.49. The summed E-state index contributed by atoms with van der Waals surface area (Å²) >= 11 is 0. The maximum Gasteiger partial charge on any atom is 0.303 e. The van der Waals surface area contributed by atoms with Crippen molar-refractivity contribution in [2.75, 3.05) is 6.54 Å². The Bertz CT molecular complexity index is 266. The molecule has 5 nitrogen and oxygen atoms in total. The minimum Gasteiger partial charge on any atom is -0.481 e. The number of piperidine rings is 1. The van der Waals surface area contributed by atoms with Gasteiger partial charge in [0.15, 0.2) is 0 Å². The average molecular weight is 228 g/mol. The van der Waals surface area contributed by atoms with Crippen molar-refractivity contribution in [1.29, 1.82) is 0 Å². The summed E-state index contributed by atoms with van der Waals surface area (Å²) in [7, 11) is 0. The molecular weight excluding hydrogens is 208 g/mol. The minimum atomic E-state index is -0.807. The fourth-order valence-corrected chi connectivity index (χ4v) is 2.14. The van der Waals surface area contributed by atoms with Gasteiger partial charge in [-0.05, 0) is 32.6 Å². The van der Waals surface area contributed by atoms with E-state index in [1.165, 1.54) is 0 Å². The van der Waals surface area contributed by atoms with Crippen LogP contribution in [0, 0.1) is 0 Å². The van der Waals surface area contributed by atoms with Gasteiger partial charge in [0.05, 0.1) is 6.04 Å². The number of amides is 1. The van der Waals surface area contributed by atoms with Crippen LogP contribution in [0.15, 0.2) is 0 Å². The lowest BCUT2D eigenvalue weighted by Gasteiger charge is -2.36. The van der Waals surface area contributed by atoms with Gasteiger partial charge in [0.1, 0.15) is 0 Å². The Hall–Kier alpha value is -1.10. The molecule has 5 heteroatoms. The molecule has 0 bridgehead atoms. The van der Waals surface area contributed by atoms with E-state index in [-0.39, 0.29) is 18.4 Å². The summed E-state index contributed by atoms with van der Waals surface area (Å²) in [6, 6.07) is -0.436. The van der Waals surface area contributed by atoms with Gasteiger partial charge in [0.25, 0.3) is 0 Å². The lowest BCUT2D eigenvalue weighted by atomic mass is 9.97. The zero-order valence-electron chi connectivity index (χ0n) is 9.69. The zero-order valence-corrected chi connectivity index (χ0v) is 9.69. The van der Waals surface area contributed by atoms with Crippen LogP contribution in [0.25, 0.3) is 0 Å². The Kier molecular flexibility index (Phi) is 4.73. The Morgan fingerprint density at radius 2 is 2.19 bits per heavy atom. The molecule has 92 valence electrons. The van der Waals surface area contributed by atoms with E-state index in [0.29, 0.717) is 13.0 Å². The molecular formula is C11H20N2O3. The van der Waals surface area contributed by atoms with Crippen LogP contribution in [0.5, 0.6) is 0 Å². The summed E-state index contributed by atoms with van der Waals surface area (Å²) in [6.07, 6.45) is 3.60. The fourth-order valence-electron chi connectivity index (χ4n) is 2.14. The number of hydrogen-bond donors (Lipinski definition) is 2. The van der Waals surface area contributed by atoms with Crippen LogP contribution in [-0.2, 0) is 9.59 Å². The van der Waals surface area contributed by atoms with Gasteiger partial charge in [-0.2, -0.15) is 0 Å². The van der Waals surface area contributed by atoms with Crippen molar-refractivity contribution in [3.63, 3.8) is 0 Å². The van der Waals surface area contributed by atoms with Crippen molar-refractivity contribution >= 4 is 11.9 Å². The third-order valence-electron chi connectivity index (χ3n) is 2.99. The predicted molar refractivity (Wildman–Crippen MR) is 59.9 cm³/mol. The Morgan fingerprint density at radius 3 is 2.75 bits per heavy atom. The number of likely N-dealkylation sites (tertiary alicyclic amines) is 1. The van der Waals surface area contributed by atoms with Crippen molar-refractivity contribution in [3.05, 3.63) is 0 Å². The second-order valence-electron chi connectivity index (χ2n) is 4.40. The smallest absolute Gasteiger partial charge is 0.303 e. The van der Waals surface area contributed by atoms with Crippen LogP contribution in [0.2, 0.25) is 0 Å². The Balaban J connectivity index is 2.56. The first-order chi connectivity index (χ1) is 7.52. The number of nitrogens with two attached hydrogens (primary N) is 1. The zero-order chi connectivity index (χ0) is 12.1. The van der Waals surface area contributed by atoms with Crippen LogP contribution in [0.1, 0.15) is 39.0 Å². The quantitative estimate of drug-likeness (QED) is 0.737. The van der Waals surface area contributed by atoms with Gasteiger partial charge in [-0.25, -0.2) is 0 Å². The molecule has 1 aliphatic rings. The van der Waals surface area contributed by atoms with E-state index >= 15 is 0 Å². The van der Waals surface area contributed by atoms with E-state index in [2.05, 4.69) is 0 Å². The number of carboxylic acids is 1. The molecule has 1 saturated heterocycles. The number of carbonyl (C=O) groups is 2. The summed E-state index contributed by atoms with van der Waals surface area (Å²) < 4.78 is 0. The van der Waals surface area contributed by atoms with Crippen LogP contribution >= 0.6 is 0 Å².